The van der Waals surface area contributed by atoms with Crippen LogP contribution in [-0.4, -0.2) is 61.3 Å². The molecule has 0 spiro atoms. The number of rotatable bonds is 7. The summed E-state index contributed by atoms with van der Waals surface area (Å²) in [5.74, 6) is -1.60. The molecule has 0 N–H and O–H groups in total. The zero-order valence-electron chi connectivity index (χ0n) is 15.1. The summed E-state index contributed by atoms with van der Waals surface area (Å²) in [4.78, 5) is 27.0. The Morgan fingerprint density at radius 2 is 1.85 bits per heavy atom. The Morgan fingerprint density at radius 1 is 1.23 bits per heavy atom. The molecule has 0 bridgehead atoms. The fraction of sp³-hybridized carbons (Fsp3) is 0.474. The second-order valence-corrected chi connectivity index (χ2v) is 6.67. The Hall–Kier alpha value is -2.06. The van der Waals surface area contributed by atoms with Crippen molar-refractivity contribution in [3.05, 3.63) is 48.0 Å². The number of amides is 2. The average Bonchev–Trinajstić information content (AvgIpc) is 3.07. The van der Waals surface area contributed by atoms with Gasteiger partial charge in [0, 0.05) is 7.11 Å². The van der Waals surface area contributed by atoms with Gasteiger partial charge in [-0.25, -0.2) is 0 Å². The van der Waals surface area contributed by atoms with Crippen LogP contribution in [-0.2, 0) is 18.9 Å². The van der Waals surface area contributed by atoms with Gasteiger partial charge in [-0.1, -0.05) is 18.2 Å². The van der Waals surface area contributed by atoms with E-state index in [1.165, 1.54) is 12.0 Å². The van der Waals surface area contributed by atoms with Crippen LogP contribution in [0.3, 0.4) is 0 Å². The maximum atomic E-state index is 12.9. The standard InChI is InChI=1S/C19H23NO6/c1-5-15-16(26-19(2,3)25-15)14(10-24-11-23-4)20-17(21)12-8-6-7-9-13(12)18(20)22/h5-9,14-16H,1,10-11H2,2-4H3/t14-,15-,16-/m0/s1. The molecule has 1 aromatic rings. The first-order valence-corrected chi connectivity index (χ1v) is 8.41. The Balaban J connectivity index is 1.93. The van der Waals surface area contributed by atoms with E-state index in [1.54, 1.807) is 44.2 Å². The smallest absolute Gasteiger partial charge is 0.261 e. The second-order valence-electron chi connectivity index (χ2n) is 6.67. The van der Waals surface area contributed by atoms with Gasteiger partial charge in [0.25, 0.3) is 11.8 Å². The highest BCUT2D eigenvalue weighted by Gasteiger charge is 2.50. The van der Waals surface area contributed by atoms with Gasteiger partial charge in [0.1, 0.15) is 19.0 Å². The summed E-state index contributed by atoms with van der Waals surface area (Å²) >= 11 is 0. The van der Waals surface area contributed by atoms with E-state index in [2.05, 4.69) is 6.58 Å². The number of methoxy groups -OCH3 is 1. The molecule has 1 saturated heterocycles. The lowest BCUT2D eigenvalue weighted by atomic mass is 10.0. The van der Waals surface area contributed by atoms with Gasteiger partial charge in [-0.15, -0.1) is 6.58 Å². The molecule has 0 aromatic heterocycles. The summed E-state index contributed by atoms with van der Waals surface area (Å²) < 4.78 is 22.2. The van der Waals surface area contributed by atoms with E-state index in [9.17, 15) is 9.59 Å². The van der Waals surface area contributed by atoms with Crippen LogP contribution >= 0.6 is 0 Å². The molecule has 2 aliphatic rings. The van der Waals surface area contributed by atoms with Crippen molar-refractivity contribution in [2.75, 3.05) is 20.5 Å². The molecule has 0 aliphatic carbocycles. The van der Waals surface area contributed by atoms with E-state index in [4.69, 9.17) is 18.9 Å². The largest absolute Gasteiger partial charge is 0.359 e. The van der Waals surface area contributed by atoms with Gasteiger partial charge in [0.2, 0.25) is 0 Å². The highest BCUT2D eigenvalue weighted by molar-refractivity contribution is 6.21. The number of hydrogen-bond donors (Lipinski definition) is 0. The monoisotopic (exact) mass is 361 g/mol. The lowest BCUT2D eigenvalue weighted by Crippen LogP contribution is -2.52. The number of ether oxygens (including phenoxy) is 4. The lowest BCUT2D eigenvalue weighted by molar-refractivity contribution is -0.151. The van der Waals surface area contributed by atoms with E-state index in [1.807, 2.05) is 0 Å². The van der Waals surface area contributed by atoms with Gasteiger partial charge in [-0.2, -0.15) is 0 Å². The molecule has 2 amide bonds. The van der Waals surface area contributed by atoms with Crippen LogP contribution in [0.2, 0.25) is 0 Å². The molecule has 2 aliphatic heterocycles. The number of benzene rings is 1. The van der Waals surface area contributed by atoms with Crippen molar-refractivity contribution in [2.24, 2.45) is 0 Å². The number of imide groups is 1. The Morgan fingerprint density at radius 3 is 2.38 bits per heavy atom. The van der Waals surface area contributed by atoms with Crippen LogP contribution in [0.5, 0.6) is 0 Å². The minimum absolute atomic E-state index is 0.0371. The fourth-order valence-corrected chi connectivity index (χ4v) is 3.37. The average molecular weight is 361 g/mol. The molecule has 7 heteroatoms. The normalized spacial score (nSPS) is 25.4. The maximum Gasteiger partial charge on any atom is 0.261 e. The molecule has 0 saturated carbocycles. The molecule has 1 aromatic carbocycles. The maximum absolute atomic E-state index is 12.9. The van der Waals surface area contributed by atoms with Crippen molar-refractivity contribution in [1.82, 2.24) is 4.90 Å². The Kier molecular flexibility index (Phi) is 5.24. The highest BCUT2D eigenvalue weighted by Crippen LogP contribution is 2.35. The predicted octanol–water partition coefficient (Wildman–Crippen LogP) is 1.98. The van der Waals surface area contributed by atoms with Gasteiger partial charge in [0.15, 0.2) is 5.79 Å². The first kappa shape index (κ1) is 18.7. The third kappa shape index (κ3) is 3.31. The minimum atomic E-state index is -0.859. The van der Waals surface area contributed by atoms with Gasteiger partial charge in [-0.05, 0) is 26.0 Å². The molecule has 3 rings (SSSR count). The van der Waals surface area contributed by atoms with E-state index >= 15 is 0 Å². The highest BCUT2D eigenvalue weighted by atomic mass is 16.8. The summed E-state index contributed by atoms with van der Waals surface area (Å²) in [6, 6.07) is 6.07. The number of carbonyl (C=O) groups excluding carboxylic acids is 2. The van der Waals surface area contributed by atoms with Crippen LogP contribution in [0.1, 0.15) is 34.6 Å². The summed E-state index contributed by atoms with van der Waals surface area (Å²) in [7, 11) is 1.50. The molecule has 3 atom stereocenters. The predicted molar refractivity (Wildman–Crippen MR) is 92.6 cm³/mol. The summed E-state index contributed by atoms with van der Waals surface area (Å²) in [6.45, 7) is 7.44. The molecule has 7 nitrogen and oxygen atoms in total. The summed E-state index contributed by atoms with van der Waals surface area (Å²) in [6.07, 6.45) is 0.535. The van der Waals surface area contributed by atoms with E-state index in [0.29, 0.717) is 11.1 Å². The van der Waals surface area contributed by atoms with Crippen molar-refractivity contribution in [3.8, 4) is 0 Å². The zero-order valence-corrected chi connectivity index (χ0v) is 15.1. The number of hydrogen-bond acceptors (Lipinski definition) is 6. The summed E-state index contributed by atoms with van der Waals surface area (Å²) in [5.41, 5.74) is 0.755. The Labute approximate surface area is 152 Å². The molecule has 0 radical (unpaired) electrons. The second kappa shape index (κ2) is 7.28. The number of carbonyl (C=O) groups is 2. The van der Waals surface area contributed by atoms with Crippen molar-refractivity contribution in [2.45, 2.75) is 37.9 Å². The lowest BCUT2D eigenvalue weighted by Gasteiger charge is -2.32. The minimum Gasteiger partial charge on any atom is -0.359 e. The summed E-state index contributed by atoms with van der Waals surface area (Å²) in [5, 5.41) is 0. The van der Waals surface area contributed by atoms with Gasteiger partial charge >= 0.3 is 0 Å². The molecule has 2 heterocycles. The van der Waals surface area contributed by atoms with Gasteiger partial charge in [-0.3, -0.25) is 14.5 Å². The number of fused-ring (bicyclic) bond motifs is 1. The van der Waals surface area contributed by atoms with E-state index < -0.39 is 24.0 Å². The molecule has 1 fully saturated rings. The van der Waals surface area contributed by atoms with E-state index in [0.717, 1.165) is 0 Å². The third-order valence-corrected chi connectivity index (χ3v) is 4.42. The quantitative estimate of drug-likeness (QED) is 0.320. The first-order chi connectivity index (χ1) is 12.4. The topological polar surface area (TPSA) is 74.3 Å². The van der Waals surface area contributed by atoms with Gasteiger partial charge < -0.3 is 18.9 Å². The van der Waals surface area contributed by atoms with Crippen molar-refractivity contribution in [1.29, 1.82) is 0 Å². The van der Waals surface area contributed by atoms with Crippen LogP contribution in [0, 0.1) is 0 Å². The molecule has 0 unspecified atom stereocenters. The van der Waals surface area contributed by atoms with Crippen molar-refractivity contribution in [3.63, 3.8) is 0 Å². The van der Waals surface area contributed by atoms with Crippen molar-refractivity contribution < 1.29 is 28.5 Å². The molecular formula is C19H23NO6. The molecule has 140 valence electrons. The SMILES string of the molecule is C=C[C@@H]1OC(C)(C)O[C@H]1[C@H](COCOC)N1C(=O)c2ccccc2C1=O. The van der Waals surface area contributed by atoms with Crippen molar-refractivity contribution >= 4 is 11.8 Å². The number of nitrogens with zero attached hydrogens (tertiary/aromatic N) is 1. The fourth-order valence-electron chi connectivity index (χ4n) is 3.37. The molecular weight excluding hydrogens is 338 g/mol. The zero-order chi connectivity index (χ0) is 18.9. The van der Waals surface area contributed by atoms with E-state index in [-0.39, 0.29) is 25.2 Å². The van der Waals surface area contributed by atoms with Crippen LogP contribution < -0.4 is 0 Å². The van der Waals surface area contributed by atoms with Crippen LogP contribution in [0.25, 0.3) is 0 Å². The molecule has 26 heavy (non-hydrogen) atoms. The van der Waals surface area contributed by atoms with Crippen LogP contribution in [0.4, 0.5) is 0 Å². The Bertz CT molecular complexity index is 681. The van der Waals surface area contributed by atoms with Crippen LogP contribution in [0.15, 0.2) is 36.9 Å². The first-order valence-electron chi connectivity index (χ1n) is 8.41. The third-order valence-electron chi connectivity index (χ3n) is 4.42. The van der Waals surface area contributed by atoms with Gasteiger partial charge in [0.05, 0.1) is 23.8 Å².